The first-order valence-corrected chi connectivity index (χ1v) is 5.41. The van der Waals surface area contributed by atoms with Crippen molar-refractivity contribution in [3.63, 3.8) is 0 Å². The molecule has 0 atom stereocenters. The molecule has 0 aromatic rings. The van der Waals surface area contributed by atoms with Crippen molar-refractivity contribution >= 4 is 5.97 Å². The van der Waals surface area contributed by atoms with E-state index in [-0.39, 0.29) is 5.97 Å². The lowest BCUT2D eigenvalue weighted by Gasteiger charge is -2.22. The Bertz CT molecular complexity index is 193. The van der Waals surface area contributed by atoms with Crippen molar-refractivity contribution in [2.45, 2.75) is 20.8 Å². The van der Waals surface area contributed by atoms with Crippen molar-refractivity contribution in [2.24, 2.45) is 5.41 Å². The number of carbonyl (C=O) groups excluding carboxylic acids is 1. The molecule has 1 N–H and O–H groups in total. The van der Waals surface area contributed by atoms with Gasteiger partial charge >= 0.3 is 5.97 Å². The van der Waals surface area contributed by atoms with Crippen LogP contribution in [0.1, 0.15) is 20.8 Å². The number of likely N-dealkylation sites (N-methyl/N-ethyl adjacent to an activating group) is 1. The van der Waals surface area contributed by atoms with Crippen molar-refractivity contribution < 1.29 is 9.53 Å². The smallest absolute Gasteiger partial charge is 0.312 e. The van der Waals surface area contributed by atoms with Crippen LogP contribution in [0.15, 0.2) is 0 Å². The Balaban J connectivity index is 3.71. The number of nitrogens with one attached hydrogen (secondary N) is 1. The second kappa shape index (κ2) is 6.80. The van der Waals surface area contributed by atoms with E-state index in [1.54, 1.807) is 0 Å². The maximum Gasteiger partial charge on any atom is 0.312 e. The first-order valence-electron chi connectivity index (χ1n) is 5.41. The van der Waals surface area contributed by atoms with Crippen LogP contribution in [0.4, 0.5) is 0 Å². The molecule has 0 rings (SSSR count). The highest BCUT2D eigenvalue weighted by Crippen LogP contribution is 2.14. The molecule has 0 aliphatic heterocycles. The van der Waals surface area contributed by atoms with E-state index < -0.39 is 5.41 Å². The Kier molecular flexibility index (Phi) is 6.52. The van der Waals surface area contributed by atoms with Crippen LogP contribution in [0.3, 0.4) is 0 Å². The second-order valence-corrected chi connectivity index (χ2v) is 4.45. The molecule has 0 aromatic heterocycles. The average molecular weight is 216 g/mol. The third-order valence-electron chi connectivity index (χ3n) is 2.52. The van der Waals surface area contributed by atoms with Crippen LogP contribution in [0.25, 0.3) is 0 Å². The zero-order chi connectivity index (χ0) is 11.9. The van der Waals surface area contributed by atoms with Gasteiger partial charge < -0.3 is 15.0 Å². The number of methoxy groups -OCH3 is 1. The number of hydrogen-bond donors (Lipinski definition) is 1. The van der Waals surface area contributed by atoms with E-state index in [9.17, 15) is 4.79 Å². The number of esters is 1. The van der Waals surface area contributed by atoms with Crippen molar-refractivity contribution in [3.8, 4) is 0 Å². The van der Waals surface area contributed by atoms with Gasteiger partial charge in [0, 0.05) is 19.6 Å². The van der Waals surface area contributed by atoms with Crippen LogP contribution in [0, 0.1) is 5.41 Å². The molecule has 4 nitrogen and oxygen atoms in total. The highest BCUT2D eigenvalue weighted by atomic mass is 16.5. The fourth-order valence-electron chi connectivity index (χ4n) is 1.18. The molecule has 0 heterocycles. The summed E-state index contributed by atoms with van der Waals surface area (Å²) in [6, 6.07) is 0. The third-order valence-corrected chi connectivity index (χ3v) is 2.52. The molecule has 0 fully saturated rings. The predicted molar refractivity (Wildman–Crippen MR) is 61.8 cm³/mol. The van der Waals surface area contributed by atoms with Gasteiger partial charge in [0.15, 0.2) is 0 Å². The lowest BCUT2D eigenvalue weighted by atomic mass is 9.94. The molecule has 0 aliphatic carbocycles. The minimum atomic E-state index is -0.445. The van der Waals surface area contributed by atoms with Gasteiger partial charge in [0.2, 0.25) is 0 Å². The van der Waals surface area contributed by atoms with Gasteiger partial charge in [0.05, 0.1) is 12.5 Å². The molecule has 0 saturated heterocycles. The van der Waals surface area contributed by atoms with E-state index in [2.05, 4.69) is 24.2 Å². The Hall–Kier alpha value is -0.610. The second-order valence-electron chi connectivity index (χ2n) is 4.45. The average Bonchev–Trinajstić information content (AvgIpc) is 2.22. The maximum absolute atomic E-state index is 11.3. The molecule has 0 aliphatic rings. The Labute approximate surface area is 93.0 Å². The highest BCUT2D eigenvalue weighted by molar-refractivity contribution is 5.76. The molecule has 0 amide bonds. The normalized spacial score (nSPS) is 11.9. The Morgan fingerprint density at radius 1 is 1.47 bits per heavy atom. The summed E-state index contributed by atoms with van der Waals surface area (Å²) in [5.41, 5.74) is -0.445. The summed E-state index contributed by atoms with van der Waals surface area (Å²) >= 11 is 0. The van der Waals surface area contributed by atoms with Gasteiger partial charge in [-0.2, -0.15) is 0 Å². The quantitative estimate of drug-likeness (QED) is 0.503. The standard InChI is InChI=1S/C11H24N2O2/c1-6-13(4)8-7-12-9-11(2,3)10(14)15-5/h12H,6-9H2,1-5H3. The minimum absolute atomic E-state index is 0.168. The van der Waals surface area contributed by atoms with Crippen LogP contribution >= 0.6 is 0 Å². The Morgan fingerprint density at radius 3 is 2.53 bits per heavy atom. The number of nitrogens with zero attached hydrogens (tertiary/aromatic N) is 1. The molecule has 90 valence electrons. The fourth-order valence-corrected chi connectivity index (χ4v) is 1.18. The molecule has 0 saturated carbocycles. The van der Waals surface area contributed by atoms with Crippen molar-refractivity contribution in [1.29, 1.82) is 0 Å². The van der Waals surface area contributed by atoms with E-state index >= 15 is 0 Å². The van der Waals surface area contributed by atoms with Crippen molar-refractivity contribution in [3.05, 3.63) is 0 Å². The molecule has 4 heteroatoms. The summed E-state index contributed by atoms with van der Waals surface area (Å²) in [5, 5.41) is 3.26. The third kappa shape index (κ3) is 5.74. The topological polar surface area (TPSA) is 41.6 Å². The first-order chi connectivity index (χ1) is 6.94. The van der Waals surface area contributed by atoms with Gasteiger partial charge in [-0.1, -0.05) is 6.92 Å². The summed E-state index contributed by atoms with van der Waals surface area (Å²) in [6.07, 6.45) is 0. The van der Waals surface area contributed by atoms with E-state index in [0.717, 1.165) is 19.6 Å². The van der Waals surface area contributed by atoms with Crippen LogP contribution in [-0.2, 0) is 9.53 Å². The van der Waals surface area contributed by atoms with E-state index in [4.69, 9.17) is 4.74 Å². The molecule has 0 spiro atoms. The van der Waals surface area contributed by atoms with Crippen molar-refractivity contribution in [1.82, 2.24) is 10.2 Å². The summed E-state index contributed by atoms with van der Waals surface area (Å²) in [5.74, 6) is -0.168. The molecule has 0 radical (unpaired) electrons. The number of rotatable bonds is 7. The SMILES string of the molecule is CCN(C)CCNCC(C)(C)C(=O)OC. The number of hydrogen-bond acceptors (Lipinski definition) is 4. The summed E-state index contributed by atoms with van der Waals surface area (Å²) in [4.78, 5) is 13.6. The van der Waals surface area contributed by atoms with Gasteiger partial charge in [-0.15, -0.1) is 0 Å². The monoisotopic (exact) mass is 216 g/mol. The fraction of sp³-hybridized carbons (Fsp3) is 0.909. The zero-order valence-electron chi connectivity index (χ0n) is 10.6. The highest BCUT2D eigenvalue weighted by Gasteiger charge is 2.27. The molecular weight excluding hydrogens is 192 g/mol. The number of ether oxygens (including phenoxy) is 1. The lowest BCUT2D eigenvalue weighted by Crippen LogP contribution is -2.39. The van der Waals surface area contributed by atoms with Crippen LogP contribution in [0.2, 0.25) is 0 Å². The molecule has 0 unspecified atom stereocenters. The first kappa shape index (κ1) is 14.4. The van der Waals surface area contributed by atoms with Gasteiger partial charge in [-0.3, -0.25) is 4.79 Å². The maximum atomic E-state index is 11.3. The zero-order valence-corrected chi connectivity index (χ0v) is 10.6. The van der Waals surface area contributed by atoms with Crippen LogP contribution < -0.4 is 5.32 Å². The van der Waals surface area contributed by atoms with Gasteiger partial charge in [0.1, 0.15) is 0 Å². The summed E-state index contributed by atoms with van der Waals surface area (Å²) in [6.45, 7) is 9.47. The molecular formula is C11H24N2O2. The van der Waals surface area contributed by atoms with E-state index in [1.807, 2.05) is 13.8 Å². The van der Waals surface area contributed by atoms with Gasteiger partial charge in [-0.05, 0) is 27.4 Å². The Morgan fingerprint density at radius 2 is 2.07 bits per heavy atom. The van der Waals surface area contributed by atoms with E-state index in [0.29, 0.717) is 6.54 Å². The summed E-state index contributed by atoms with van der Waals surface area (Å²) < 4.78 is 4.72. The largest absolute Gasteiger partial charge is 0.469 e. The van der Waals surface area contributed by atoms with Gasteiger partial charge in [0.25, 0.3) is 0 Å². The molecule has 15 heavy (non-hydrogen) atoms. The lowest BCUT2D eigenvalue weighted by molar-refractivity contribution is -0.150. The number of carbonyl (C=O) groups is 1. The van der Waals surface area contributed by atoms with E-state index in [1.165, 1.54) is 7.11 Å². The molecule has 0 bridgehead atoms. The van der Waals surface area contributed by atoms with Crippen LogP contribution in [-0.4, -0.2) is 51.2 Å². The summed E-state index contributed by atoms with van der Waals surface area (Å²) in [7, 11) is 3.50. The predicted octanol–water partition coefficient (Wildman–Crippen LogP) is 0.727. The van der Waals surface area contributed by atoms with Gasteiger partial charge in [-0.25, -0.2) is 0 Å². The van der Waals surface area contributed by atoms with Crippen LogP contribution in [0.5, 0.6) is 0 Å². The minimum Gasteiger partial charge on any atom is -0.469 e. The van der Waals surface area contributed by atoms with Crippen molar-refractivity contribution in [2.75, 3.05) is 40.3 Å². The molecule has 0 aromatic carbocycles.